The lowest BCUT2D eigenvalue weighted by Crippen LogP contribution is -2.26. The van der Waals surface area contributed by atoms with Crippen LogP contribution in [0.4, 0.5) is 0 Å². The van der Waals surface area contributed by atoms with E-state index in [4.69, 9.17) is 0 Å². The van der Waals surface area contributed by atoms with Gasteiger partial charge < -0.3 is 0 Å². The fraction of sp³-hybridized carbons (Fsp3) is 0.800. The molecule has 1 rings (SSSR count). The van der Waals surface area contributed by atoms with Gasteiger partial charge in [0.25, 0.3) is 0 Å². The zero-order valence-electron chi connectivity index (χ0n) is 8.25. The molecule has 0 bridgehead atoms. The second-order valence-electron chi connectivity index (χ2n) is 4.02. The van der Waals surface area contributed by atoms with Gasteiger partial charge in [0.15, 0.2) is 9.84 Å². The van der Waals surface area contributed by atoms with Gasteiger partial charge in [-0.2, -0.15) is 0 Å². The quantitative estimate of drug-likeness (QED) is 0.658. The van der Waals surface area contributed by atoms with E-state index in [0.29, 0.717) is 0 Å². The third-order valence-electron chi connectivity index (χ3n) is 2.51. The van der Waals surface area contributed by atoms with Gasteiger partial charge in [-0.15, -0.1) is 0 Å². The lowest BCUT2D eigenvalue weighted by Gasteiger charge is -2.21. The van der Waals surface area contributed by atoms with E-state index >= 15 is 0 Å². The fourth-order valence-corrected chi connectivity index (χ4v) is 3.86. The Labute approximate surface area is 81.0 Å². The third kappa shape index (κ3) is 3.14. The van der Waals surface area contributed by atoms with Crippen LogP contribution in [0, 0.1) is 0 Å². The number of hydrogen-bond acceptors (Lipinski definition) is 2. The molecule has 0 aliphatic heterocycles. The smallest absolute Gasteiger partial charge is 0.156 e. The molecule has 0 aromatic heterocycles. The molecular formula is C10H18O2S. The van der Waals surface area contributed by atoms with Gasteiger partial charge in [0, 0.05) is 0 Å². The molecule has 0 N–H and O–H groups in total. The van der Waals surface area contributed by atoms with E-state index in [9.17, 15) is 8.42 Å². The molecule has 0 saturated heterocycles. The minimum absolute atomic E-state index is 0.0852. The summed E-state index contributed by atoms with van der Waals surface area (Å²) >= 11 is 0. The normalized spacial score (nSPS) is 20.1. The Balaban J connectivity index is 2.62. The van der Waals surface area contributed by atoms with E-state index in [-0.39, 0.29) is 11.0 Å². The van der Waals surface area contributed by atoms with E-state index in [1.54, 1.807) is 6.92 Å². The average Bonchev–Trinajstić information content (AvgIpc) is 2.04. The van der Waals surface area contributed by atoms with Crippen LogP contribution in [0.3, 0.4) is 0 Å². The highest BCUT2D eigenvalue weighted by atomic mass is 32.2. The molecule has 0 radical (unpaired) electrons. The summed E-state index contributed by atoms with van der Waals surface area (Å²) in [6, 6.07) is 0. The molecule has 13 heavy (non-hydrogen) atoms. The Morgan fingerprint density at radius 3 is 2.31 bits per heavy atom. The molecule has 0 atom stereocenters. The van der Waals surface area contributed by atoms with Crippen LogP contribution in [-0.2, 0) is 9.84 Å². The van der Waals surface area contributed by atoms with Crippen molar-refractivity contribution in [3.63, 3.8) is 0 Å². The summed E-state index contributed by atoms with van der Waals surface area (Å²) in [6.45, 7) is 5.43. The zero-order chi connectivity index (χ0) is 9.90. The average molecular weight is 202 g/mol. The maximum Gasteiger partial charge on any atom is 0.156 e. The number of sulfone groups is 1. The Kier molecular flexibility index (Phi) is 3.54. The van der Waals surface area contributed by atoms with Crippen LogP contribution in [0.1, 0.15) is 39.0 Å². The SMILES string of the molecule is C=C(C)CS(=O)(=O)C1CCCCC1. The topological polar surface area (TPSA) is 34.1 Å². The van der Waals surface area contributed by atoms with Crippen LogP contribution in [-0.4, -0.2) is 19.4 Å². The molecule has 76 valence electrons. The molecule has 0 aromatic rings. The van der Waals surface area contributed by atoms with Gasteiger partial charge in [-0.25, -0.2) is 8.42 Å². The first-order valence-electron chi connectivity index (χ1n) is 4.88. The maximum absolute atomic E-state index is 11.7. The molecule has 1 saturated carbocycles. The first kappa shape index (κ1) is 10.8. The van der Waals surface area contributed by atoms with Crippen LogP contribution < -0.4 is 0 Å². The van der Waals surface area contributed by atoms with Crippen molar-refractivity contribution in [3.8, 4) is 0 Å². The summed E-state index contributed by atoms with van der Waals surface area (Å²) < 4.78 is 23.5. The van der Waals surface area contributed by atoms with Crippen molar-refractivity contribution in [2.45, 2.75) is 44.3 Å². The number of hydrogen-bond donors (Lipinski definition) is 0. The Morgan fingerprint density at radius 1 is 1.31 bits per heavy atom. The maximum atomic E-state index is 11.7. The lowest BCUT2D eigenvalue weighted by molar-refractivity contribution is 0.484. The molecule has 0 aromatic carbocycles. The molecule has 1 aliphatic rings. The van der Waals surface area contributed by atoms with Crippen LogP contribution in [0.5, 0.6) is 0 Å². The molecule has 0 unspecified atom stereocenters. The highest BCUT2D eigenvalue weighted by molar-refractivity contribution is 7.92. The van der Waals surface area contributed by atoms with Gasteiger partial charge in [-0.05, 0) is 19.8 Å². The summed E-state index contributed by atoms with van der Waals surface area (Å²) in [6.07, 6.45) is 5.05. The summed E-state index contributed by atoms with van der Waals surface area (Å²) in [5.74, 6) is 0.178. The van der Waals surface area contributed by atoms with Crippen molar-refractivity contribution < 1.29 is 8.42 Å². The van der Waals surface area contributed by atoms with E-state index in [1.807, 2.05) is 0 Å². The van der Waals surface area contributed by atoms with E-state index in [2.05, 4.69) is 6.58 Å². The predicted octanol–water partition coefficient (Wildman–Crippen LogP) is 2.31. The first-order chi connectivity index (χ1) is 6.02. The molecule has 1 aliphatic carbocycles. The first-order valence-corrected chi connectivity index (χ1v) is 6.60. The summed E-state index contributed by atoms with van der Waals surface area (Å²) in [7, 11) is -2.88. The van der Waals surface area contributed by atoms with Crippen LogP contribution in [0.15, 0.2) is 12.2 Å². The highest BCUT2D eigenvalue weighted by Crippen LogP contribution is 2.24. The highest BCUT2D eigenvalue weighted by Gasteiger charge is 2.26. The minimum Gasteiger partial charge on any atom is -0.228 e. The lowest BCUT2D eigenvalue weighted by atomic mass is 10.0. The van der Waals surface area contributed by atoms with Gasteiger partial charge in [-0.3, -0.25) is 0 Å². The molecular weight excluding hydrogens is 184 g/mol. The van der Waals surface area contributed by atoms with Gasteiger partial charge >= 0.3 is 0 Å². The van der Waals surface area contributed by atoms with E-state index < -0.39 is 9.84 Å². The van der Waals surface area contributed by atoms with Crippen molar-refractivity contribution in [1.29, 1.82) is 0 Å². The van der Waals surface area contributed by atoms with Gasteiger partial charge in [0.1, 0.15) is 0 Å². The Bertz CT molecular complexity index is 271. The Morgan fingerprint density at radius 2 is 1.85 bits per heavy atom. The third-order valence-corrected chi connectivity index (χ3v) is 4.89. The minimum atomic E-state index is -2.88. The molecule has 1 fully saturated rings. The van der Waals surface area contributed by atoms with E-state index in [0.717, 1.165) is 31.3 Å². The molecule has 0 amide bonds. The summed E-state index contributed by atoms with van der Waals surface area (Å²) in [5, 5.41) is -0.0852. The van der Waals surface area contributed by atoms with Crippen LogP contribution >= 0.6 is 0 Å². The molecule has 0 spiro atoms. The standard InChI is InChI=1S/C10H18O2S/c1-9(2)8-13(11,12)10-6-4-3-5-7-10/h10H,1,3-8H2,2H3. The largest absolute Gasteiger partial charge is 0.228 e. The van der Waals surface area contributed by atoms with E-state index in [1.165, 1.54) is 6.42 Å². The zero-order valence-corrected chi connectivity index (χ0v) is 9.07. The summed E-state index contributed by atoms with van der Waals surface area (Å²) in [5.41, 5.74) is 0.755. The second kappa shape index (κ2) is 4.27. The molecule has 0 heterocycles. The second-order valence-corrected chi connectivity index (χ2v) is 6.31. The van der Waals surface area contributed by atoms with Crippen molar-refractivity contribution >= 4 is 9.84 Å². The van der Waals surface area contributed by atoms with Gasteiger partial charge in [-0.1, -0.05) is 31.4 Å². The number of rotatable bonds is 3. The molecule has 2 nitrogen and oxygen atoms in total. The van der Waals surface area contributed by atoms with Crippen LogP contribution in [0.2, 0.25) is 0 Å². The summed E-state index contributed by atoms with van der Waals surface area (Å²) in [4.78, 5) is 0. The van der Waals surface area contributed by atoms with Gasteiger partial charge in [0.05, 0.1) is 11.0 Å². The fourth-order valence-electron chi connectivity index (χ4n) is 1.89. The predicted molar refractivity (Wildman–Crippen MR) is 55.5 cm³/mol. The Hall–Kier alpha value is -0.310. The van der Waals surface area contributed by atoms with Crippen LogP contribution in [0.25, 0.3) is 0 Å². The van der Waals surface area contributed by atoms with Crippen molar-refractivity contribution in [1.82, 2.24) is 0 Å². The van der Waals surface area contributed by atoms with Gasteiger partial charge in [0.2, 0.25) is 0 Å². The molecule has 3 heteroatoms. The monoisotopic (exact) mass is 202 g/mol. The van der Waals surface area contributed by atoms with Crippen molar-refractivity contribution in [3.05, 3.63) is 12.2 Å². The van der Waals surface area contributed by atoms with Crippen molar-refractivity contribution in [2.75, 3.05) is 5.75 Å². The van der Waals surface area contributed by atoms with Crippen molar-refractivity contribution in [2.24, 2.45) is 0 Å².